The van der Waals surface area contributed by atoms with Crippen molar-refractivity contribution in [3.05, 3.63) is 65.4 Å². The van der Waals surface area contributed by atoms with Crippen LogP contribution in [0, 0.1) is 0 Å². The van der Waals surface area contributed by atoms with Gasteiger partial charge < -0.3 is 9.73 Å². The molecule has 10 heteroatoms. The highest BCUT2D eigenvalue weighted by atomic mass is 35.5. The van der Waals surface area contributed by atoms with E-state index in [9.17, 15) is 9.11 Å². The van der Waals surface area contributed by atoms with Crippen LogP contribution >= 0.6 is 22.2 Å². The number of halogens is 1. The van der Waals surface area contributed by atoms with Gasteiger partial charge in [0.15, 0.2) is 0 Å². The third-order valence-electron chi connectivity index (χ3n) is 5.07. The largest absolute Gasteiger partial charge is 0.415 e. The van der Waals surface area contributed by atoms with Gasteiger partial charge in [-0.1, -0.05) is 29.8 Å². The number of hydrogen-bond donors (Lipinski definition) is 3. The summed E-state index contributed by atoms with van der Waals surface area (Å²) in [6.07, 6.45) is 3.13. The summed E-state index contributed by atoms with van der Waals surface area (Å²) in [5, 5.41) is 11.3. The molecule has 0 amide bonds. The van der Waals surface area contributed by atoms with Crippen molar-refractivity contribution in [1.29, 1.82) is 0 Å². The molecule has 0 aliphatic rings. The lowest BCUT2D eigenvalue weighted by atomic mass is 10.1. The van der Waals surface area contributed by atoms with E-state index in [1.807, 2.05) is 31.3 Å². The first-order valence-electron chi connectivity index (χ1n) is 10.3. The Hall–Kier alpha value is -2.82. The van der Waals surface area contributed by atoms with Gasteiger partial charge in [0.25, 0.3) is 5.89 Å². The van der Waals surface area contributed by atoms with E-state index in [2.05, 4.69) is 25.5 Å². The van der Waals surface area contributed by atoms with Crippen LogP contribution in [0.2, 0.25) is 5.02 Å². The smallest absolute Gasteiger partial charge is 0.268 e. The number of hydrogen-bond acceptors (Lipinski definition) is 8. The van der Waals surface area contributed by atoms with E-state index >= 15 is 0 Å². The van der Waals surface area contributed by atoms with E-state index in [0.717, 1.165) is 17.7 Å². The fraction of sp³-hybridized carbons (Fsp3) is 0.217. The fourth-order valence-electron chi connectivity index (χ4n) is 3.18. The first kappa shape index (κ1) is 23.3. The van der Waals surface area contributed by atoms with Gasteiger partial charge in [-0.3, -0.25) is 14.1 Å². The molecular weight excluding hydrogens is 462 g/mol. The van der Waals surface area contributed by atoms with Crippen molar-refractivity contribution in [2.24, 2.45) is 0 Å². The molecular formula is C23H24ClN5O3S. The molecule has 33 heavy (non-hydrogen) atoms. The molecule has 0 spiro atoms. The van der Waals surface area contributed by atoms with Gasteiger partial charge in [-0.05, 0) is 50.7 Å². The molecule has 8 nitrogen and oxygen atoms in total. The molecule has 0 fully saturated rings. The van der Waals surface area contributed by atoms with Crippen LogP contribution in [0.15, 0.2) is 64.2 Å². The van der Waals surface area contributed by atoms with E-state index in [-0.39, 0.29) is 16.2 Å². The third kappa shape index (κ3) is 4.92. The molecule has 2 aromatic heterocycles. The zero-order valence-corrected chi connectivity index (χ0v) is 19.9. The first-order valence-corrected chi connectivity index (χ1v) is 12.2. The zero-order chi connectivity index (χ0) is 23.6. The summed E-state index contributed by atoms with van der Waals surface area (Å²) in [6.45, 7) is 4.26. The molecule has 3 N–H and O–H groups in total. The molecule has 4 rings (SSSR count). The average molecular weight is 486 g/mol. The monoisotopic (exact) mass is 485 g/mol. The Morgan fingerprint density at radius 1 is 0.970 bits per heavy atom. The zero-order valence-electron chi connectivity index (χ0n) is 18.4. The quantitative estimate of drug-likeness (QED) is 0.303. The Labute approximate surface area is 198 Å². The molecule has 0 aliphatic carbocycles. The SMILES string of the molecule is CNCc1ccc(-c2nnc(-c3cncc(-c4ccc(S(O)(O)C(C)C)c(Cl)c4)n3)o2)cc1. The number of benzene rings is 2. The van der Waals surface area contributed by atoms with Gasteiger partial charge in [0.1, 0.15) is 5.69 Å². The van der Waals surface area contributed by atoms with Crippen LogP contribution in [0.5, 0.6) is 0 Å². The van der Waals surface area contributed by atoms with Gasteiger partial charge in [0.05, 0.1) is 28.0 Å². The number of aromatic nitrogens is 4. The van der Waals surface area contributed by atoms with Crippen molar-refractivity contribution in [3.8, 4) is 34.3 Å². The summed E-state index contributed by atoms with van der Waals surface area (Å²) in [7, 11) is -1.09. The molecule has 0 atom stereocenters. The Morgan fingerprint density at radius 2 is 1.64 bits per heavy atom. The molecule has 0 aliphatic heterocycles. The van der Waals surface area contributed by atoms with Crippen LogP contribution in [0.4, 0.5) is 0 Å². The predicted molar refractivity (Wildman–Crippen MR) is 130 cm³/mol. The van der Waals surface area contributed by atoms with Gasteiger partial charge in [-0.15, -0.1) is 10.2 Å². The highest BCUT2D eigenvalue weighted by Crippen LogP contribution is 2.55. The molecule has 0 bridgehead atoms. The van der Waals surface area contributed by atoms with Crippen LogP contribution in [0.1, 0.15) is 19.4 Å². The van der Waals surface area contributed by atoms with Gasteiger partial charge in [-0.25, -0.2) is 4.98 Å². The minimum atomic E-state index is -2.99. The standard InChI is InChI=1S/C23H24ClN5O3S/c1-14(2)33(30,31)21-9-8-17(10-18(21)24)19-12-26-13-20(27-19)23-29-28-22(32-23)16-6-4-15(5-7-16)11-25-3/h4-10,12-14,25,30-31H,11H2,1-3H3. The molecule has 2 aromatic carbocycles. The van der Waals surface area contributed by atoms with Gasteiger partial charge in [-0.2, -0.15) is 10.6 Å². The van der Waals surface area contributed by atoms with Crippen LogP contribution < -0.4 is 5.32 Å². The van der Waals surface area contributed by atoms with Crippen LogP contribution in [0.3, 0.4) is 0 Å². The van der Waals surface area contributed by atoms with Gasteiger partial charge in [0.2, 0.25) is 5.89 Å². The van der Waals surface area contributed by atoms with E-state index in [0.29, 0.717) is 27.7 Å². The van der Waals surface area contributed by atoms with Crippen LogP contribution in [0.25, 0.3) is 34.3 Å². The topological polar surface area (TPSA) is 117 Å². The Kier molecular flexibility index (Phi) is 6.78. The number of nitrogens with zero attached hydrogens (tertiary/aromatic N) is 4. The summed E-state index contributed by atoms with van der Waals surface area (Å²) in [4.78, 5) is 9.14. The summed E-state index contributed by atoms with van der Waals surface area (Å²) in [6, 6.07) is 12.8. The van der Waals surface area contributed by atoms with E-state index < -0.39 is 10.6 Å². The van der Waals surface area contributed by atoms with Crippen molar-refractivity contribution < 1.29 is 13.5 Å². The molecule has 0 saturated heterocycles. The highest BCUT2D eigenvalue weighted by Gasteiger charge is 2.23. The van der Waals surface area contributed by atoms with Gasteiger partial charge in [0, 0.05) is 22.9 Å². The van der Waals surface area contributed by atoms with E-state index in [1.54, 1.807) is 44.4 Å². The van der Waals surface area contributed by atoms with Crippen molar-refractivity contribution in [1.82, 2.24) is 25.5 Å². The fourth-order valence-corrected chi connectivity index (χ4v) is 4.82. The molecule has 4 aromatic rings. The summed E-state index contributed by atoms with van der Waals surface area (Å²) in [5.41, 5.74) is 3.60. The lowest BCUT2D eigenvalue weighted by Gasteiger charge is -2.37. The average Bonchev–Trinajstić information content (AvgIpc) is 3.30. The van der Waals surface area contributed by atoms with Gasteiger partial charge >= 0.3 is 0 Å². The second kappa shape index (κ2) is 9.58. The van der Waals surface area contributed by atoms with Crippen molar-refractivity contribution in [2.45, 2.75) is 30.5 Å². The molecule has 0 saturated carbocycles. The highest BCUT2D eigenvalue weighted by molar-refractivity contribution is 8.24. The van der Waals surface area contributed by atoms with Crippen molar-refractivity contribution in [3.63, 3.8) is 0 Å². The number of nitrogens with one attached hydrogen (secondary N) is 1. The summed E-state index contributed by atoms with van der Waals surface area (Å²) >= 11 is 6.37. The first-order chi connectivity index (χ1) is 15.8. The predicted octanol–water partition coefficient (Wildman–Crippen LogP) is 5.75. The maximum Gasteiger partial charge on any atom is 0.268 e. The Morgan fingerprint density at radius 3 is 2.30 bits per heavy atom. The second-order valence-corrected chi connectivity index (χ2v) is 10.7. The summed E-state index contributed by atoms with van der Waals surface area (Å²) in [5.74, 6) is 0.634. The Bertz CT molecular complexity index is 1260. The third-order valence-corrected chi connectivity index (χ3v) is 7.81. The van der Waals surface area contributed by atoms with Crippen molar-refractivity contribution in [2.75, 3.05) is 7.05 Å². The van der Waals surface area contributed by atoms with E-state index in [4.69, 9.17) is 16.0 Å². The minimum absolute atomic E-state index is 0.246. The minimum Gasteiger partial charge on any atom is -0.415 e. The Balaban J connectivity index is 1.61. The molecule has 172 valence electrons. The molecule has 2 heterocycles. The molecule has 0 radical (unpaired) electrons. The van der Waals surface area contributed by atoms with E-state index in [1.165, 1.54) is 0 Å². The lowest BCUT2D eigenvalue weighted by Crippen LogP contribution is -2.11. The van der Waals surface area contributed by atoms with Crippen LogP contribution in [-0.2, 0) is 6.54 Å². The normalized spacial score (nSPS) is 12.3. The summed E-state index contributed by atoms with van der Waals surface area (Å²) < 4.78 is 26.7. The maximum atomic E-state index is 10.4. The molecule has 0 unspecified atom stereocenters. The maximum absolute atomic E-state index is 10.4. The number of rotatable bonds is 7. The van der Waals surface area contributed by atoms with Crippen molar-refractivity contribution >= 4 is 22.2 Å². The lowest BCUT2D eigenvalue weighted by molar-refractivity contribution is 0.476. The second-order valence-electron chi connectivity index (χ2n) is 7.72. The van der Waals surface area contributed by atoms with Crippen LogP contribution in [-0.4, -0.2) is 41.6 Å².